The Labute approximate surface area is 159 Å². The third-order valence-electron chi connectivity index (χ3n) is 5.37. The first-order chi connectivity index (χ1) is 12.7. The molecule has 136 valence electrons. The van der Waals surface area contributed by atoms with Crippen molar-refractivity contribution in [1.82, 2.24) is 4.90 Å². The zero-order valence-corrected chi connectivity index (χ0v) is 15.4. The quantitative estimate of drug-likeness (QED) is 0.789. The van der Waals surface area contributed by atoms with Crippen LogP contribution in [0.15, 0.2) is 54.6 Å². The average Bonchev–Trinajstić information content (AvgIpc) is 2.68. The maximum atomic E-state index is 13.0. The van der Waals surface area contributed by atoms with Crippen LogP contribution in [0.25, 0.3) is 0 Å². The van der Waals surface area contributed by atoms with Gasteiger partial charge in [0.15, 0.2) is 0 Å². The number of rotatable bonds is 4. The minimum atomic E-state index is -0.296. The maximum Gasteiger partial charge on any atom is 0.414 e. The molecule has 0 saturated carbocycles. The molecule has 5 heteroatoms. The highest BCUT2D eigenvalue weighted by atomic mass is 35.5. The van der Waals surface area contributed by atoms with Crippen LogP contribution in [0.5, 0.6) is 0 Å². The van der Waals surface area contributed by atoms with E-state index in [0.717, 1.165) is 43.7 Å². The van der Waals surface area contributed by atoms with E-state index in [9.17, 15) is 4.79 Å². The van der Waals surface area contributed by atoms with Crippen LogP contribution < -0.4 is 4.90 Å². The average molecular weight is 371 g/mol. The van der Waals surface area contributed by atoms with Crippen molar-refractivity contribution in [3.05, 3.63) is 65.2 Å². The van der Waals surface area contributed by atoms with Gasteiger partial charge in [-0.3, -0.25) is 9.80 Å². The van der Waals surface area contributed by atoms with Gasteiger partial charge in [0, 0.05) is 17.3 Å². The molecule has 3 saturated heterocycles. The third-order valence-corrected chi connectivity index (χ3v) is 5.61. The number of hydrogen-bond acceptors (Lipinski definition) is 3. The summed E-state index contributed by atoms with van der Waals surface area (Å²) in [6.45, 7) is 3.56. The Balaban J connectivity index is 1.54. The smallest absolute Gasteiger partial charge is 0.414 e. The van der Waals surface area contributed by atoms with Crippen LogP contribution in [0.3, 0.4) is 0 Å². The summed E-state index contributed by atoms with van der Waals surface area (Å²) >= 11 is 6.15. The number of ether oxygens (including phenoxy) is 1. The molecule has 3 aliphatic heterocycles. The fourth-order valence-electron chi connectivity index (χ4n) is 3.91. The molecule has 2 aromatic rings. The molecule has 4 nitrogen and oxygen atoms in total. The van der Waals surface area contributed by atoms with E-state index < -0.39 is 0 Å². The van der Waals surface area contributed by atoms with Gasteiger partial charge in [-0.25, -0.2) is 4.79 Å². The first-order valence-corrected chi connectivity index (χ1v) is 9.57. The summed E-state index contributed by atoms with van der Waals surface area (Å²) in [6.07, 6.45) is 1.93. The van der Waals surface area contributed by atoms with Gasteiger partial charge in [-0.2, -0.15) is 0 Å². The number of carbonyl (C=O) groups is 1. The molecule has 0 aromatic heterocycles. The number of amides is 1. The summed E-state index contributed by atoms with van der Waals surface area (Å²) in [4.78, 5) is 17.1. The van der Waals surface area contributed by atoms with Crippen LogP contribution >= 0.6 is 11.6 Å². The van der Waals surface area contributed by atoms with E-state index in [1.807, 2.05) is 54.6 Å². The summed E-state index contributed by atoms with van der Waals surface area (Å²) in [5, 5.41) is 0.608. The van der Waals surface area contributed by atoms with E-state index in [1.54, 1.807) is 4.90 Å². The van der Waals surface area contributed by atoms with Gasteiger partial charge < -0.3 is 4.74 Å². The van der Waals surface area contributed by atoms with Crippen molar-refractivity contribution in [1.29, 1.82) is 0 Å². The second-order valence-corrected chi connectivity index (χ2v) is 7.55. The molecule has 3 heterocycles. The monoisotopic (exact) mass is 370 g/mol. The Kier molecular flexibility index (Phi) is 5.14. The summed E-state index contributed by atoms with van der Waals surface area (Å²) in [7, 11) is 0. The summed E-state index contributed by atoms with van der Waals surface area (Å²) in [5.74, 6) is 0.488. The lowest BCUT2D eigenvalue weighted by molar-refractivity contribution is -0.0311. The number of halogens is 1. The highest BCUT2D eigenvalue weighted by Gasteiger charge is 2.37. The van der Waals surface area contributed by atoms with E-state index in [4.69, 9.17) is 16.3 Å². The van der Waals surface area contributed by atoms with Crippen LogP contribution in [-0.2, 0) is 11.3 Å². The number of fused-ring (bicyclic) bond motifs is 3. The molecule has 5 rings (SSSR count). The largest absolute Gasteiger partial charge is 0.444 e. The topological polar surface area (TPSA) is 32.8 Å². The van der Waals surface area contributed by atoms with E-state index in [1.165, 1.54) is 0 Å². The Morgan fingerprint density at radius 1 is 1.12 bits per heavy atom. The van der Waals surface area contributed by atoms with Crippen LogP contribution in [0.1, 0.15) is 18.4 Å². The molecule has 1 amide bonds. The highest BCUT2D eigenvalue weighted by molar-refractivity contribution is 6.30. The normalized spacial score (nSPS) is 24.3. The molecule has 1 atom stereocenters. The molecule has 2 aromatic carbocycles. The summed E-state index contributed by atoms with van der Waals surface area (Å²) < 4.78 is 5.96. The molecule has 0 unspecified atom stereocenters. The van der Waals surface area contributed by atoms with Crippen molar-refractivity contribution < 1.29 is 9.53 Å². The summed E-state index contributed by atoms with van der Waals surface area (Å²) in [6, 6.07) is 17.3. The Bertz CT molecular complexity index is 760. The van der Waals surface area contributed by atoms with Gasteiger partial charge in [0.05, 0.1) is 6.54 Å². The molecule has 26 heavy (non-hydrogen) atoms. The molecule has 0 N–H and O–H groups in total. The van der Waals surface area contributed by atoms with Crippen LogP contribution in [-0.4, -0.2) is 36.7 Å². The number of hydrogen-bond donors (Lipinski definition) is 0. The molecule has 2 bridgehead atoms. The van der Waals surface area contributed by atoms with Gasteiger partial charge in [0.2, 0.25) is 0 Å². The number of anilines is 1. The highest BCUT2D eigenvalue weighted by Crippen LogP contribution is 2.31. The second-order valence-electron chi connectivity index (χ2n) is 7.11. The molecule has 3 fully saturated rings. The van der Waals surface area contributed by atoms with E-state index in [-0.39, 0.29) is 12.2 Å². The van der Waals surface area contributed by atoms with Gasteiger partial charge in [-0.1, -0.05) is 48.0 Å². The number of benzene rings is 2. The van der Waals surface area contributed by atoms with Crippen molar-refractivity contribution in [2.45, 2.75) is 25.5 Å². The Hall–Kier alpha value is -2.04. The van der Waals surface area contributed by atoms with Crippen LogP contribution in [0, 0.1) is 5.92 Å². The van der Waals surface area contributed by atoms with Crippen molar-refractivity contribution in [3.63, 3.8) is 0 Å². The minimum absolute atomic E-state index is 0.0116. The molecule has 0 radical (unpaired) electrons. The lowest BCUT2D eigenvalue weighted by Gasteiger charge is -2.44. The van der Waals surface area contributed by atoms with E-state index in [0.29, 0.717) is 17.5 Å². The summed E-state index contributed by atoms with van der Waals surface area (Å²) in [5.41, 5.74) is 1.81. The first-order valence-electron chi connectivity index (χ1n) is 9.19. The van der Waals surface area contributed by atoms with Crippen molar-refractivity contribution in [2.75, 3.05) is 24.5 Å². The first kappa shape index (κ1) is 17.4. The SMILES string of the molecule is O=C(O[C@H]1CN2CCC1CC2)N(Cc1ccccc1)c1cccc(Cl)c1. The fraction of sp³-hybridized carbons (Fsp3) is 0.381. The van der Waals surface area contributed by atoms with Gasteiger partial charge in [0.25, 0.3) is 0 Å². The number of nitrogens with zero attached hydrogens (tertiary/aromatic N) is 2. The fourth-order valence-corrected chi connectivity index (χ4v) is 4.09. The number of carbonyl (C=O) groups excluding carboxylic acids is 1. The number of piperidine rings is 3. The van der Waals surface area contributed by atoms with Crippen LogP contribution in [0.2, 0.25) is 5.02 Å². The van der Waals surface area contributed by atoms with Crippen molar-refractivity contribution >= 4 is 23.4 Å². The Morgan fingerprint density at radius 2 is 1.88 bits per heavy atom. The van der Waals surface area contributed by atoms with Crippen molar-refractivity contribution in [3.8, 4) is 0 Å². The van der Waals surface area contributed by atoms with Crippen LogP contribution in [0.4, 0.5) is 10.5 Å². The van der Waals surface area contributed by atoms with Gasteiger partial charge in [-0.05, 0) is 55.6 Å². The van der Waals surface area contributed by atoms with Gasteiger partial charge >= 0.3 is 6.09 Å². The van der Waals surface area contributed by atoms with Gasteiger partial charge in [0.1, 0.15) is 6.10 Å². The lowest BCUT2D eigenvalue weighted by Crippen LogP contribution is -2.53. The predicted molar refractivity (Wildman–Crippen MR) is 104 cm³/mol. The molecule has 0 aliphatic carbocycles. The lowest BCUT2D eigenvalue weighted by atomic mass is 9.86. The Morgan fingerprint density at radius 3 is 2.54 bits per heavy atom. The van der Waals surface area contributed by atoms with E-state index >= 15 is 0 Å². The zero-order valence-electron chi connectivity index (χ0n) is 14.7. The zero-order chi connectivity index (χ0) is 17.9. The molecule has 3 aliphatic rings. The second kappa shape index (κ2) is 7.68. The molecular formula is C21H23ClN2O2. The van der Waals surface area contributed by atoms with E-state index in [2.05, 4.69) is 4.90 Å². The standard InChI is InChI=1S/C21H23ClN2O2/c22-18-7-4-8-19(13-18)24(14-16-5-2-1-3-6-16)21(25)26-20-15-23-11-9-17(20)10-12-23/h1-8,13,17,20H,9-12,14-15H2/t20-/m0/s1. The molecular weight excluding hydrogens is 348 g/mol. The van der Waals surface area contributed by atoms with Crippen molar-refractivity contribution in [2.24, 2.45) is 5.92 Å². The molecule has 0 spiro atoms. The minimum Gasteiger partial charge on any atom is -0.444 e. The maximum absolute atomic E-state index is 13.0. The third kappa shape index (κ3) is 3.87. The van der Waals surface area contributed by atoms with Gasteiger partial charge in [-0.15, -0.1) is 0 Å². The predicted octanol–water partition coefficient (Wildman–Crippen LogP) is 4.58.